The molecule has 0 saturated carbocycles. The fraction of sp³-hybridized carbons (Fsp3) is 0.229. The molecule has 47 heavy (non-hydrogen) atoms. The Labute approximate surface area is 271 Å². The second-order valence-corrected chi connectivity index (χ2v) is 12.0. The van der Waals surface area contributed by atoms with Crippen LogP contribution in [-0.2, 0) is 4.79 Å². The van der Waals surface area contributed by atoms with E-state index in [1.54, 1.807) is 30.6 Å². The number of halogens is 1. The number of hydrogen-bond donors (Lipinski definition) is 4. The topological polar surface area (TPSA) is 141 Å². The predicted molar refractivity (Wildman–Crippen MR) is 180 cm³/mol. The van der Waals surface area contributed by atoms with E-state index >= 15 is 0 Å². The van der Waals surface area contributed by atoms with E-state index in [4.69, 9.17) is 5.84 Å². The molecule has 3 aromatic heterocycles. The Balaban J connectivity index is 0.960. The standard InChI is InChI=1S/C35H35FN10O/c1-23(46-16-11-24(12-17-46)30-9-5-26(20-40-30)33-38-14-2-15-39-33)21-45-18-13-35(22-45,44-37)34(47)41-28-8-10-31-29(19-28)32(43-42-31)25-3-6-27(36)7-4-25/h2-11,14-15,19-20,44H,1,12-13,16-18,21-22,37H2,(H,41,47)(H,42,43)/t35-/m1/s1. The third kappa shape index (κ3) is 6.26. The average molecular weight is 631 g/mol. The Bertz CT molecular complexity index is 1940. The van der Waals surface area contributed by atoms with Gasteiger partial charge < -0.3 is 10.2 Å². The number of nitrogens with zero attached hydrogens (tertiary/aromatic N) is 6. The normalized spacial score (nSPS) is 18.3. The van der Waals surface area contributed by atoms with Gasteiger partial charge in [0.1, 0.15) is 11.4 Å². The van der Waals surface area contributed by atoms with Crippen LogP contribution in [0.1, 0.15) is 18.5 Å². The molecule has 0 aliphatic carbocycles. The largest absolute Gasteiger partial charge is 0.370 e. The average Bonchev–Trinajstić information content (AvgIpc) is 3.74. The lowest BCUT2D eigenvalue weighted by molar-refractivity contribution is -0.122. The lowest BCUT2D eigenvalue weighted by Crippen LogP contribution is -2.59. The molecule has 1 atom stereocenters. The minimum Gasteiger partial charge on any atom is -0.370 e. The first kappa shape index (κ1) is 30.4. The smallest absolute Gasteiger partial charge is 0.247 e. The van der Waals surface area contributed by atoms with E-state index < -0.39 is 5.54 Å². The molecule has 2 aromatic carbocycles. The highest BCUT2D eigenvalue weighted by Crippen LogP contribution is 2.31. The number of benzene rings is 2. The highest BCUT2D eigenvalue weighted by molar-refractivity contribution is 6.02. The molecule has 2 aliphatic rings. The molecule has 0 spiro atoms. The van der Waals surface area contributed by atoms with Gasteiger partial charge in [-0.25, -0.2) is 19.8 Å². The maximum atomic E-state index is 13.6. The number of amides is 1. The van der Waals surface area contributed by atoms with Crippen LogP contribution >= 0.6 is 0 Å². The van der Waals surface area contributed by atoms with Crippen molar-refractivity contribution in [3.05, 3.63) is 109 Å². The molecule has 0 radical (unpaired) electrons. The van der Waals surface area contributed by atoms with E-state index in [0.29, 0.717) is 43.3 Å². The van der Waals surface area contributed by atoms with Gasteiger partial charge in [-0.15, -0.1) is 0 Å². The third-order valence-electron chi connectivity index (χ3n) is 8.98. The molecule has 1 fully saturated rings. The van der Waals surface area contributed by atoms with Crippen LogP contribution < -0.4 is 16.6 Å². The summed E-state index contributed by atoms with van der Waals surface area (Å²) in [5.41, 5.74) is 8.80. The van der Waals surface area contributed by atoms with Gasteiger partial charge in [0.15, 0.2) is 5.82 Å². The number of hydrogen-bond acceptors (Lipinski definition) is 9. The maximum absolute atomic E-state index is 13.6. The minimum absolute atomic E-state index is 0.206. The molecule has 5 heterocycles. The van der Waals surface area contributed by atoms with E-state index in [2.05, 4.69) is 58.3 Å². The number of fused-ring (bicyclic) bond motifs is 1. The van der Waals surface area contributed by atoms with Gasteiger partial charge in [-0.1, -0.05) is 12.7 Å². The van der Waals surface area contributed by atoms with E-state index in [9.17, 15) is 9.18 Å². The first-order valence-electron chi connectivity index (χ1n) is 15.5. The number of nitrogens with two attached hydrogens (primary N) is 1. The number of aromatic nitrogens is 5. The quantitative estimate of drug-likeness (QED) is 0.138. The zero-order valence-electron chi connectivity index (χ0n) is 25.8. The van der Waals surface area contributed by atoms with Gasteiger partial charge in [-0.05, 0) is 79.1 Å². The van der Waals surface area contributed by atoms with Gasteiger partial charge in [0.2, 0.25) is 5.91 Å². The number of nitrogens with one attached hydrogen (secondary N) is 3. The Kier molecular flexibility index (Phi) is 8.29. The number of likely N-dealkylation sites (tertiary alicyclic amines) is 1. The molecule has 1 saturated heterocycles. The number of hydrazine groups is 1. The lowest BCUT2D eigenvalue weighted by Gasteiger charge is -2.32. The zero-order chi connectivity index (χ0) is 32.4. The lowest BCUT2D eigenvalue weighted by atomic mass is 9.98. The van der Waals surface area contributed by atoms with Crippen molar-refractivity contribution in [2.45, 2.75) is 18.4 Å². The number of aromatic amines is 1. The molecule has 12 heteroatoms. The predicted octanol–water partition coefficient (Wildman–Crippen LogP) is 4.37. The molecule has 7 rings (SSSR count). The summed E-state index contributed by atoms with van der Waals surface area (Å²) in [5.74, 6) is 6.16. The summed E-state index contributed by atoms with van der Waals surface area (Å²) in [6.45, 7) is 7.72. The summed E-state index contributed by atoms with van der Waals surface area (Å²) < 4.78 is 13.5. The van der Waals surface area contributed by atoms with Gasteiger partial charge in [0.25, 0.3) is 0 Å². The Morgan fingerprint density at radius 1 is 1.04 bits per heavy atom. The van der Waals surface area contributed by atoms with Gasteiger partial charge in [-0.3, -0.25) is 25.6 Å². The Morgan fingerprint density at radius 3 is 2.57 bits per heavy atom. The third-order valence-corrected chi connectivity index (χ3v) is 8.98. The fourth-order valence-corrected chi connectivity index (χ4v) is 6.27. The zero-order valence-corrected chi connectivity index (χ0v) is 25.8. The van der Waals surface area contributed by atoms with Gasteiger partial charge in [0, 0.05) is 79.2 Å². The first-order chi connectivity index (χ1) is 22.9. The summed E-state index contributed by atoms with van der Waals surface area (Å²) in [7, 11) is 0. The number of rotatable bonds is 9. The Morgan fingerprint density at radius 2 is 1.85 bits per heavy atom. The van der Waals surface area contributed by atoms with Crippen molar-refractivity contribution in [3.63, 3.8) is 0 Å². The minimum atomic E-state index is -0.955. The van der Waals surface area contributed by atoms with Crippen LogP contribution in [0.3, 0.4) is 0 Å². The summed E-state index contributed by atoms with van der Waals surface area (Å²) >= 11 is 0. The van der Waals surface area contributed by atoms with Gasteiger partial charge in [-0.2, -0.15) is 5.10 Å². The molecular weight excluding hydrogens is 595 g/mol. The van der Waals surface area contributed by atoms with Crippen molar-refractivity contribution in [2.75, 3.05) is 38.0 Å². The van der Waals surface area contributed by atoms with Crippen molar-refractivity contribution >= 4 is 28.1 Å². The van der Waals surface area contributed by atoms with E-state index in [1.807, 2.05) is 36.5 Å². The van der Waals surface area contributed by atoms with Crippen LogP contribution in [0.2, 0.25) is 0 Å². The highest BCUT2D eigenvalue weighted by Gasteiger charge is 2.44. The van der Waals surface area contributed by atoms with E-state index in [0.717, 1.165) is 52.9 Å². The highest BCUT2D eigenvalue weighted by atomic mass is 19.1. The number of anilines is 1. The van der Waals surface area contributed by atoms with Crippen LogP contribution in [0.25, 0.3) is 39.1 Å². The molecule has 238 valence electrons. The van der Waals surface area contributed by atoms with Crippen LogP contribution in [0, 0.1) is 5.82 Å². The van der Waals surface area contributed by atoms with Crippen molar-refractivity contribution in [2.24, 2.45) is 5.84 Å². The molecule has 2 aliphatic heterocycles. The SMILES string of the molecule is C=C(CN1CC[C@](NN)(C(=O)Nc2ccc3[nH]nc(-c4ccc(F)cc4)c3c2)C1)N1CC=C(c2ccc(-c3ncccn3)cn2)CC1. The molecule has 11 nitrogen and oxygen atoms in total. The summed E-state index contributed by atoms with van der Waals surface area (Å²) in [4.78, 5) is 31.4. The van der Waals surface area contributed by atoms with Crippen molar-refractivity contribution < 1.29 is 9.18 Å². The first-order valence-corrected chi connectivity index (χ1v) is 15.5. The number of pyridine rings is 1. The van der Waals surface area contributed by atoms with E-state index in [-0.39, 0.29) is 11.7 Å². The van der Waals surface area contributed by atoms with Gasteiger partial charge in [0.05, 0.1) is 16.9 Å². The Hall–Kier alpha value is -5.30. The molecule has 5 N–H and O–H groups in total. The maximum Gasteiger partial charge on any atom is 0.247 e. The van der Waals surface area contributed by atoms with Crippen LogP contribution in [0.4, 0.5) is 10.1 Å². The molecule has 0 unspecified atom stereocenters. The van der Waals surface area contributed by atoms with Crippen LogP contribution in [-0.4, -0.2) is 79.1 Å². The van der Waals surface area contributed by atoms with Gasteiger partial charge >= 0.3 is 0 Å². The molecule has 5 aromatic rings. The molecule has 0 bridgehead atoms. The number of carbonyl (C=O) groups excluding carboxylic acids is 1. The summed E-state index contributed by atoms with van der Waals surface area (Å²) in [6, 6.07) is 17.5. The number of carbonyl (C=O) groups is 1. The van der Waals surface area contributed by atoms with Crippen molar-refractivity contribution in [3.8, 4) is 22.6 Å². The van der Waals surface area contributed by atoms with Crippen molar-refractivity contribution in [1.29, 1.82) is 0 Å². The molecule has 1 amide bonds. The second kappa shape index (κ2) is 12.8. The van der Waals surface area contributed by atoms with Crippen molar-refractivity contribution in [1.82, 2.24) is 40.4 Å². The summed E-state index contributed by atoms with van der Waals surface area (Å²) in [6.07, 6.45) is 8.88. The second-order valence-electron chi connectivity index (χ2n) is 12.0. The van der Waals surface area contributed by atoms with Crippen LogP contribution in [0.5, 0.6) is 0 Å². The summed E-state index contributed by atoms with van der Waals surface area (Å²) in [5, 5.41) is 11.3. The van der Waals surface area contributed by atoms with Crippen LogP contribution in [0.15, 0.2) is 97.6 Å². The molecular formula is C35H35FN10O. The fourth-order valence-electron chi connectivity index (χ4n) is 6.27. The monoisotopic (exact) mass is 630 g/mol. The van der Waals surface area contributed by atoms with E-state index in [1.165, 1.54) is 17.7 Å². The number of H-pyrrole nitrogens is 1.